The SMILES string of the molecule is CSc1ccccc1C(=O)OCC(=O)N(Cc1cccs1)c1ccc2c(c1)OCCO2. The van der Waals surface area contributed by atoms with Crippen LogP contribution in [0.1, 0.15) is 15.2 Å². The van der Waals surface area contributed by atoms with Crippen LogP contribution in [-0.2, 0) is 16.1 Å². The van der Waals surface area contributed by atoms with Gasteiger partial charge in [-0.25, -0.2) is 4.79 Å². The third-order valence-electron chi connectivity index (χ3n) is 4.69. The number of thiophene rings is 1. The molecule has 6 nitrogen and oxygen atoms in total. The molecule has 1 aromatic heterocycles. The summed E-state index contributed by atoms with van der Waals surface area (Å²) >= 11 is 3.01. The summed E-state index contributed by atoms with van der Waals surface area (Å²) < 4.78 is 16.6. The Hall–Kier alpha value is -2.97. The minimum Gasteiger partial charge on any atom is -0.486 e. The second-order valence-corrected chi connectivity index (χ2v) is 8.54. The molecule has 0 saturated carbocycles. The number of benzene rings is 2. The Morgan fingerprint density at radius 2 is 1.87 bits per heavy atom. The van der Waals surface area contributed by atoms with Gasteiger partial charge in [-0.3, -0.25) is 4.79 Å². The maximum atomic E-state index is 13.1. The van der Waals surface area contributed by atoms with Crippen molar-refractivity contribution >= 4 is 40.7 Å². The van der Waals surface area contributed by atoms with E-state index in [4.69, 9.17) is 14.2 Å². The number of amides is 1. The Labute approximate surface area is 188 Å². The first-order valence-electron chi connectivity index (χ1n) is 9.68. The van der Waals surface area contributed by atoms with Crippen LogP contribution in [0.2, 0.25) is 0 Å². The van der Waals surface area contributed by atoms with Crippen molar-refractivity contribution in [3.8, 4) is 11.5 Å². The molecule has 160 valence electrons. The zero-order chi connectivity index (χ0) is 21.6. The molecule has 1 aliphatic rings. The quantitative estimate of drug-likeness (QED) is 0.382. The molecule has 1 amide bonds. The number of hydrogen-bond acceptors (Lipinski definition) is 7. The van der Waals surface area contributed by atoms with E-state index in [1.54, 1.807) is 40.5 Å². The molecular weight excluding hydrogens is 434 g/mol. The van der Waals surface area contributed by atoms with Crippen LogP contribution in [0.5, 0.6) is 11.5 Å². The molecule has 3 aromatic rings. The lowest BCUT2D eigenvalue weighted by molar-refractivity contribution is -0.121. The van der Waals surface area contributed by atoms with E-state index in [-0.39, 0.29) is 12.5 Å². The first-order chi connectivity index (χ1) is 15.2. The predicted molar refractivity (Wildman–Crippen MR) is 121 cm³/mol. The number of hydrogen-bond donors (Lipinski definition) is 0. The third kappa shape index (κ3) is 5.03. The average molecular weight is 456 g/mol. The second kappa shape index (κ2) is 9.89. The van der Waals surface area contributed by atoms with Crippen LogP contribution in [-0.4, -0.2) is 38.0 Å². The summed E-state index contributed by atoms with van der Waals surface area (Å²) in [4.78, 5) is 29.1. The molecule has 0 fully saturated rings. The number of ether oxygens (including phenoxy) is 3. The van der Waals surface area contributed by atoms with Crippen LogP contribution in [0.3, 0.4) is 0 Å². The van der Waals surface area contributed by atoms with Gasteiger partial charge in [-0.2, -0.15) is 0 Å². The normalized spacial score (nSPS) is 12.3. The second-order valence-electron chi connectivity index (χ2n) is 6.66. The summed E-state index contributed by atoms with van der Waals surface area (Å²) in [6.07, 6.45) is 1.89. The number of thioether (sulfide) groups is 1. The van der Waals surface area contributed by atoms with Crippen molar-refractivity contribution in [1.82, 2.24) is 0 Å². The van der Waals surface area contributed by atoms with Crippen molar-refractivity contribution in [2.24, 2.45) is 0 Å². The Morgan fingerprint density at radius 3 is 2.65 bits per heavy atom. The Morgan fingerprint density at radius 1 is 1.06 bits per heavy atom. The highest BCUT2D eigenvalue weighted by Gasteiger charge is 2.22. The number of esters is 1. The zero-order valence-corrected chi connectivity index (χ0v) is 18.5. The highest BCUT2D eigenvalue weighted by Crippen LogP contribution is 2.34. The van der Waals surface area contributed by atoms with Crippen LogP contribution in [0.15, 0.2) is 64.9 Å². The van der Waals surface area contributed by atoms with Gasteiger partial charge >= 0.3 is 5.97 Å². The molecule has 2 heterocycles. The van der Waals surface area contributed by atoms with Crippen molar-refractivity contribution in [1.29, 1.82) is 0 Å². The summed E-state index contributed by atoms with van der Waals surface area (Å²) in [6.45, 7) is 0.968. The maximum Gasteiger partial charge on any atom is 0.339 e. The highest BCUT2D eigenvalue weighted by molar-refractivity contribution is 7.98. The van der Waals surface area contributed by atoms with Gasteiger partial charge in [0.05, 0.1) is 12.1 Å². The van der Waals surface area contributed by atoms with E-state index in [1.807, 2.05) is 42.0 Å². The van der Waals surface area contributed by atoms with Crippen molar-refractivity contribution < 1.29 is 23.8 Å². The van der Waals surface area contributed by atoms with E-state index in [0.29, 0.717) is 42.5 Å². The van der Waals surface area contributed by atoms with E-state index < -0.39 is 5.97 Å². The number of rotatable bonds is 7. The molecule has 0 spiro atoms. The molecule has 0 unspecified atom stereocenters. The van der Waals surface area contributed by atoms with E-state index in [9.17, 15) is 9.59 Å². The lowest BCUT2D eigenvalue weighted by atomic mass is 10.2. The largest absolute Gasteiger partial charge is 0.486 e. The number of nitrogens with zero attached hydrogens (tertiary/aromatic N) is 1. The summed E-state index contributed by atoms with van der Waals surface area (Å²) in [5.41, 5.74) is 1.11. The minimum absolute atomic E-state index is 0.319. The summed E-state index contributed by atoms with van der Waals surface area (Å²) in [7, 11) is 0. The zero-order valence-electron chi connectivity index (χ0n) is 16.9. The summed E-state index contributed by atoms with van der Waals surface area (Å²) in [5, 5.41) is 1.96. The lowest BCUT2D eigenvalue weighted by Gasteiger charge is -2.25. The Balaban J connectivity index is 1.52. The fourth-order valence-corrected chi connectivity index (χ4v) is 4.46. The molecule has 8 heteroatoms. The predicted octanol–water partition coefficient (Wildman–Crippen LogP) is 4.63. The molecule has 31 heavy (non-hydrogen) atoms. The Bertz CT molecular complexity index is 1070. The van der Waals surface area contributed by atoms with Crippen LogP contribution in [0.4, 0.5) is 5.69 Å². The van der Waals surface area contributed by atoms with Gasteiger partial charge in [-0.15, -0.1) is 23.1 Å². The van der Waals surface area contributed by atoms with Crippen LogP contribution in [0.25, 0.3) is 0 Å². The molecule has 1 aliphatic heterocycles. The summed E-state index contributed by atoms with van der Waals surface area (Å²) in [6, 6.07) is 16.5. The summed E-state index contributed by atoms with van der Waals surface area (Å²) in [5.74, 6) is 0.411. The van der Waals surface area contributed by atoms with E-state index >= 15 is 0 Å². The van der Waals surface area contributed by atoms with Gasteiger partial charge in [0, 0.05) is 21.5 Å². The first kappa shape index (κ1) is 21.3. The smallest absolute Gasteiger partial charge is 0.339 e. The standard InChI is InChI=1S/C23H21NO5S2/c1-30-21-7-3-2-6-18(21)23(26)29-15-22(25)24(14-17-5-4-12-31-17)16-8-9-19-20(13-16)28-11-10-27-19/h2-9,12-13H,10-11,14-15H2,1H3. The number of fused-ring (bicyclic) bond motifs is 1. The molecule has 0 radical (unpaired) electrons. The van der Waals surface area contributed by atoms with E-state index in [2.05, 4.69) is 0 Å². The van der Waals surface area contributed by atoms with Gasteiger partial charge in [0.1, 0.15) is 13.2 Å². The van der Waals surface area contributed by atoms with Gasteiger partial charge in [-0.1, -0.05) is 18.2 Å². The lowest BCUT2D eigenvalue weighted by Crippen LogP contribution is -2.34. The molecular formula is C23H21NO5S2. The topological polar surface area (TPSA) is 65.1 Å². The van der Waals surface area contributed by atoms with Gasteiger partial charge in [0.25, 0.3) is 5.91 Å². The molecule has 0 saturated heterocycles. The minimum atomic E-state index is -0.517. The molecule has 0 bridgehead atoms. The maximum absolute atomic E-state index is 13.1. The number of carbonyl (C=O) groups is 2. The van der Waals surface area contributed by atoms with Crippen molar-refractivity contribution in [3.63, 3.8) is 0 Å². The Kier molecular flexibility index (Phi) is 6.79. The van der Waals surface area contributed by atoms with E-state index in [0.717, 1.165) is 9.77 Å². The molecule has 0 aliphatic carbocycles. The van der Waals surface area contributed by atoms with Crippen LogP contribution < -0.4 is 14.4 Å². The van der Waals surface area contributed by atoms with Crippen LogP contribution in [0, 0.1) is 0 Å². The van der Waals surface area contributed by atoms with Gasteiger partial charge in [0.2, 0.25) is 0 Å². The van der Waals surface area contributed by atoms with Gasteiger partial charge in [-0.05, 0) is 42.0 Å². The average Bonchev–Trinajstić information content (AvgIpc) is 3.33. The third-order valence-corrected chi connectivity index (χ3v) is 6.34. The molecule has 0 N–H and O–H groups in total. The monoisotopic (exact) mass is 455 g/mol. The highest BCUT2D eigenvalue weighted by atomic mass is 32.2. The fourth-order valence-electron chi connectivity index (χ4n) is 3.18. The molecule has 2 aromatic carbocycles. The number of anilines is 1. The first-order valence-corrected chi connectivity index (χ1v) is 11.8. The van der Waals surface area contributed by atoms with Crippen molar-refractivity contribution in [2.45, 2.75) is 11.4 Å². The van der Waals surface area contributed by atoms with Crippen LogP contribution >= 0.6 is 23.1 Å². The molecule has 4 rings (SSSR count). The van der Waals surface area contributed by atoms with Crippen molar-refractivity contribution in [3.05, 3.63) is 70.4 Å². The number of carbonyl (C=O) groups excluding carboxylic acids is 2. The van der Waals surface area contributed by atoms with Crippen molar-refractivity contribution in [2.75, 3.05) is 31.0 Å². The fraction of sp³-hybridized carbons (Fsp3) is 0.217. The van der Waals surface area contributed by atoms with Gasteiger partial charge < -0.3 is 19.1 Å². The van der Waals surface area contributed by atoms with Gasteiger partial charge in [0.15, 0.2) is 18.1 Å². The van der Waals surface area contributed by atoms with E-state index in [1.165, 1.54) is 11.8 Å². The molecule has 0 atom stereocenters.